The summed E-state index contributed by atoms with van der Waals surface area (Å²) in [6, 6.07) is 29.1. The molecule has 284 valence electrons. The van der Waals surface area contributed by atoms with Crippen molar-refractivity contribution < 1.29 is 17.4 Å². The lowest BCUT2D eigenvalue weighted by Crippen LogP contribution is -2.12. The number of imidazole rings is 1. The molecule has 0 saturated carbocycles. The minimum Gasteiger partial charge on any atom is -0.507 e. The van der Waals surface area contributed by atoms with Gasteiger partial charge in [0.1, 0.15) is 11.6 Å². The van der Waals surface area contributed by atoms with E-state index in [1.165, 1.54) is 6.20 Å². The quantitative estimate of drug-likeness (QED) is 0.184. The smallest absolute Gasteiger partial charge is 0.149 e. The maximum atomic E-state index is 11.8. The number of nitrogens with zero attached hydrogens (tertiary/aromatic N) is 3. The van der Waals surface area contributed by atoms with Crippen molar-refractivity contribution in [1.82, 2.24) is 14.5 Å². The van der Waals surface area contributed by atoms with E-state index in [-0.39, 0.29) is 40.1 Å². The maximum absolute atomic E-state index is 11.8. The number of phenolic OH excluding ortho intramolecular Hbond substituents is 1. The number of hydrogen-bond donors (Lipinski definition) is 1. The van der Waals surface area contributed by atoms with Crippen LogP contribution in [0.25, 0.3) is 72.7 Å². The van der Waals surface area contributed by atoms with Gasteiger partial charge in [-0.2, -0.15) is 0 Å². The Morgan fingerprint density at radius 2 is 1.35 bits per heavy atom. The summed E-state index contributed by atoms with van der Waals surface area (Å²) in [5, 5.41) is 11.8. The molecule has 2 aromatic heterocycles. The fourth-order valence-corrected chi connectivity index (χ4v) is 7.35. The number of aromatic nitrogens is 3. The molecular formula is C53H51N3O. The molecule has 0 bridgehead atoms. The Morgan fingerprint density at radius 1 is 0.614 bits per heavy atom. The van der Waals surface area contributed by atoms with E-state index >= 15 is 0 Å². The predicted octanol–water partition coefficient (Wildman–Crippen LogP) is 14.0. The molecule has 0 fully saturated rings. The fraction of sp³-hybridized carbons (Fsp3) is 0.208. The summed E-state index contributed by atoms with van der Waals surface area (Å²) in [5.41, 5.74) is 8.98. The molecule has 2 heterocycles. The fourth-order valence-electron chi connectivity index (χ4n) is 7.35. The van der Waals surface area contributed by atoms with Gasteiger partial charge in [-0.15, -0.1) is 0 Å². The summed E-state index contributed by atoms with van der Waals surface area (Å²) >= 11 is 0. The average molecular weight is 755 g/mol. The largest absolute Gasteiger partial charge is 0.507 e. The van der Waals surface area contributed by atoms with Crippen molar-refractivity contribution in [3.8, 4) is 67.5 Å². The predicted molar refractivity (Wildman–Crippen MR) is 239 cm³/mol. The second-order valence-electron chi connectivity index (χ2n) is 16.8. The van der Waals surface area contributed by atoms with Crippen LogP contribution >= 0.6 is 0 Å². The van der Waals surface area contributed by atoms with Crippen LogP contribution in [-0.4, -0.2) is 19.6 Å². The number of para-hydroxylation sites is 1. The summed E-state index contributed by atoms with van der Waals surface area (Å²) < 4.78 is 78.9. The zero-order valence-corrected chi connectivity index (χ0v) is 33.6. The molecule has 0 spiro atoms. The number of phenols is 1. The third-order valence-corrected chi connectivity index (χ3v) is 10.5. The Labute approximate surface area is 350 Å². The number of aromatic hydroxyl groups is 1. The van der Waals surface area contributed by atoms with E-state index in [2.05, 4.69) is 87.5 Å². The van der Waals surface area contributed by atoms with Crippen LogP contribution in [0.3, 0.4) is 0 Å². The van der Waals surface area contributed by atoms with E-state index in [0.717, 1.165) is 55.7 Å². The van der Waals surface area contributed by atoms with Gasteiger partial charge in [-0.1, -0.05) is 132 Å². The molecule has 0 aliphatic heterocycles. The van der Waals surface area contributed by atoms with Crippen LogP contribution in [0.15, 0.2) is 140 Å². The van der Waals surface area contributed by atoms with Crippen molar-refractivity contribution in [2.75, 3.05) is 0 Å². The van der Waals surface area contributed by atoms with Gasteiger partial charge >= 0.3 is 0 Å². The molecule has 6 aromatic carbocycles. The number of aryl methyl sites for hydroxylation is 2. The van der Waals surface area contributed by atoms with Crippen LogP contribution in [0.1, 0.15) is 81.7 Å². The zero-order chi connectivity index (χ0) is 47.9. The lowest BCUT2D eigenvalue weighted by Gasteiger charge is -2.23. The Balaban J connectivity index is 1.42. The number of fused-ring (bicyclic) bond motifs is 1. The first-order valence-electron chi connectivity index (χ1n) is 23.6. The maximum Gasteiger partial charge on any atom is 0.149 e. The highest BCUT2D eigenvalue weighted by atomic mass is 16.3. The Bertz CT molecular complexity index is 3220. The van der Waals surface area contributed by atoms with Gasteiger partial charge in [0.25, 0.3) is 0 Å². The van der Waals surface area contributed by atoms with Gasteiger partial charge in [-0.25, -0.2) is 4.98 Å². The molecular weight excluding hydrogens is 695 g/mol. The Hall–Kier alpha value is -6.26. The van der Waals surface area contributed by atoms with Crippen LogP contribution in [0.4, 0.5) is 0 Å². The molecule has 57 heavy (non-hydrogen) atoms. The summed E-state index contributed by atoms with van der Waals surface area (Å²) in [7, 11) is 0. The van der Waals surface area contributed by atoms with Crippen molar-refractivity contribution in [2.45, 2.75) is 73.1 Å². The first kappa shape index (κ1) is 28.2. The second-order valence-corrected chi connectivity index (χ2v) is 16.8. The Kier molecular flexibility index (Phi) is 7.10. The second kappa shape index (κ2) is 14.4. The SMILES string of the molecule is [2H]c1cnc(-c2cc(-c3cccc4c3nc(-c3cc(C)cc(C)c3O)n4-c3ccc(C(C)(C)C)cc3-c3ccccc3)cc(C(C)(C)C)c2)c([2H])c1-c1c([2H])c([2H])c(C([2H])([2H])[2H])c([2H])c1[2H]. The molecule has 0 atom stereocenters. The highest BCUT2D eigenvalue weighted by Crippen LogP contribution is 2.43. The minimum atomic E-state index is -2.92. The van der Waals surface area contributed by atoms with Gasteiger partial charge in [-0.05, 0) is 125 Å². The molecule has 4 heteroatoms. The molecule has 8 rings (SSSR count). The molecule has 8 aromatic rings. The molecule has 0 amide bonds. The molecule has 4 nitrogen and oxygen atoms in total. The minimum absolute atomic E-state index is 0.126. The summed E-state index contributed by atoms with van der Waals surface area (Å²) in [6.07, 6.45) is 1.22. The van der Waals surface area contributed by atoms with Crippen LogP contribution in [0, 0.1) is 20.7 Å². The number of pyridine rings is 1. The molecule has 0 aliphatic rings. The van der Waals surface area contributed by atoms with Crippen molar-refractivity contribution in [3.05, 3.63) is 167 Å². The number of benzene rings is 6. The van der Waals surface area contributed by atoms with Crippen LogP contribution in [0.5, 0.6) is 5.75 Å². The molecule has 0 aliphatic carbocycles. The third kappa shape index (κ3) is 7.29. The van der Waals surface area contributed by atoms with E-state index in [1.54, 1.807) is 0 Å². The van der Waals surface area contributed by atoms with Gasteiger partial charge in [-0.3, -0.25) is 9.55 Å². The van der Waals surface area contributed by atoms with Crippen LogP contribution in [-0.2, 0) is 10.8 Å². The summed E-state index contributed by atoms with van der Waals surface area (Å²) in [6.45, 7) is 13.7. The lowest BCUT2D eigenvalue weighted by molar-refractivity contribution is 0.472. The topological polar surface area (TPSA) is 50.9 Å². The Morgan fingerprint density at radius 3 is 2.07 bits per heavy atom. The van der Waals surface area contributed by atoms with Crippen molar-refractivity contribution >= 4 is 11.0 Å². The van der Waals surface area contributed by atoms with E-state index in [4.69, 9.17) is 16.0 Å². The van der Waals surface area contributed by atoms with Gasteiger partial charge in [0.15, 0.2) is 0 Å². The number of hydrogen-bond acceptors (Lipinski definition) is 3. The standard InChI is InChI=1S/C53H51N3O/c1-33-18-20-36(21-19-33)38-24-25-54-46(31-38)40-28-39(29-42(30-40)53(7,8)9)43-16-13-17-48-49(43)55-51(45-27-34(2)26-35(3)50(45)57)56(48)47-23-22-41(52(4,5)6)32-44(47)37-14-11-10-12-15-37/h10-32,57H,1-9H3/i1D3,18D,19D,20D,21D,24D,31D. The monoisotopic (exact) mass is 754 g/mol. The molecule has 0 unspecified atom stereocenters. The lowest BCUT2D eigenvalue weighted by atomic mass is 9.83. The van der Waals surface area contributed by atoms with Crippen LogP contribution < -0.4 is 0 Å². The normalized spacial score (nSPS) is 14.5. The van der Waals surface area contributed by atoms with Gasteiger partial charge in [0.05, 0.1) is 36.2 Å². The van der Waals surface area contributed by atoms with E-state index in [1.807, 2.05) is 74.5 Å². The third-order valence-electron chi connectivity index (χ3n) is 10.5. The van der Waals surface area contributed by atoms with Crippen molar-refractivity contribution in [1.29, 1.82) is 0 Å². The van der Waals surface area contributed by atoms with Gasteiger partial charge < -0.3 is 5.11 Å². The first-order valence-corrected chi connectivity index (χ1v) is 19.1. The van der Waals surface area contributed by atoms with Crippen molar-refractivity contribution in [3.63, 3.8) is 0 Å². The van der Waals surface area contributed by atoms with E-state index in [9.17, 15) is 6.48 Å². The molecule has 1 N–H and O–H groups in total. The average Bonchev–Trinajstić information content (AvgIpc) is 3.63. The van der Waals surface area contributed by atoms with Gasteiger partial charge in [0.2, 0.25) is 0 Å². The highest BCUT2D eigenvalue weighted by molar-refractivity contribution is 5.98. The van der Waals surface area contributed by atoms with Crippen LogP contribution in [0.2, 0.25) is 0 Å². The number of rotatable bonds is 6. The van der Waals surface area contributed by atoms with Crippen molar-refractivity contribution in [2.24, 2.45) is 0 Å². The van der Waals surface area contributed by atoms with Gasteiger partial charge in [0, 0.05) is 27.0 Å². The first-order chi connectivity index (χ1) is 30.9. The highest BCUT2D eigenvalue weighted by Gasteiger charge is 2.25. The van der Waals surface area contributed by atoms with E-state index < -0.39 is 42.0 Å². The summed E-state index contributed by atoms with van der Waals surface area (Å²) in [5.74, 6) is 0.672. The molecule has 0 saturated heterocycles. The van der Waals surface area contributed by atoms with E-state index in [0.29, 0.717) is 22.5 Å². The summed E-state index contributed by atoms with van der Waals surface area (Å²) in [4.78, 5) is 10.0. The zero-order valence-electron chi connectivity index (χ0n) is 42.6. The molecule has 0 radical (unpaired) electrons.